The minimum atomic E-state index is 0.469. The van der Waals surface area contributed by atoms with Gasteiger partial charge in [-0.05, 0) is 6.92 Å². The highest BCUT2D eigenvalue weighted by molar-refractivity contribution is 5.33. The Labute approximate surface area is 75.3 Å². The first-order chi connectivity index (χ1) is 6.25. The molecule has 13 heavy (non-hydrogen) atoms. The molecule has 2 heterocycles. The molecule has 0 fully saturated rings. The van der Waals surface area contributed by atoms with Gasteiger partial charge < -0.3 is 5.73 Å². The molecule has 5 heteroatoms. The van der Waals surface area contributed by atoms with Gasteiger partial charge in [-0.1, -0.05) is 0 Å². The zero-order valence-corrected chi connectivity index (χ0v) is 7.18. The lowest BCUT2D eigenvalue weighted by Crippen LogP contribution is -2.03. The van der Waals surface area contributed by atoms with Crippen LogP contribution in [0.3, 0.4) is 0 Å². The van der Waals surface area contributed by atoms with Gasteiger partial charge in [-0.3, -0.25) is 4.57 Å². The quantitative estimate of drug-likeness (QED) is 0.687. The molecule has 5 nitrogen and oxygen atoms in total. The molecular formula is C8H9N5. The minimum Gasteiger partial charge on any atom is -0.384 e. The average Bonchev–Trinajstić information content (AvgIpc) is 2.53. The van der Waals surface area contributed by atoms with Crippen LogP contribution in [-0.4, -0.2) is 19.5 Å². The molecular weight excluding hydrogens is 166 g/mol. The van der Waals surface area contributed by atoms with Crippen molar-refractivity contribution in [1.29, 1.82) is 0 Å². The zero-order chi connectivity index (χ0) is 9.26. The Kier molecular flexibility index (Phi) is 1.70. The summed E-state index contributed by atoms with van der Waals surface area (Å²) < 4.78 is 1.71. The SMILES string of the molecule is Cc1cc(N)nc(-n2ccnc2)n1. The van der Waals surface area contributed by atoms with Crippen molar-refractivity contribution in [1.82, 2.24) is 19.5 Å². The zero-order valence-electron chi connectivity index (χ0n) is 7.18. The lowest BCUT2D eigenvalue weighted by Gasteiger charge is -2.01. The molecule has 0 aliphatic heterocycles. The molecule has 2 rings (SSSR count). The molecule has 2 aromatic rings. The summed E-state index contributed by atoms with van der Waals surface area (Å²) in [6, 6.07) is 1.72. The van der Waals surface area contributed by atoms with Crippen molar-refractivity contribution in [3.05, 3.63) is 30.5 Å². The van der Waals surface area contributed by atoms with Gasteiger partial charge >= 0.3 is 0 Å². The number of nitrogen functional groups attached to an aromatic ring is 1. The van der Waals surface area contributed by atoms with E-state index in [9.17, 15) is 0 Å². The normalized spacial score (nSPS) is 10.2. The third kappa shape index (κ3) is 1.48. The fraction of sp³-hybridized carbons (Fsp3) is 0.125. The highest BCUT2D eigenvalue weighted by Crippen LogP contribution is 2.05. The van der Waals surface area contributed by atoms with Gasteiger partial charge in [0.05, 0.1) is 0 Å². The van der Waals surface area contributed by atoms with E-state index in [1.807, 2.05) is 6.92 Å². The second kappa shape index (κ2) is 2.85. The Morgan fingerprint density at radius 1 is 1.38 bits per heavy atom. The van der Waals surface area contributed by atoms with Gasteiger partial charge in [-0.15, -0.1) is 0 Å². The van der Waals surface area contributed by atoms with E-state index in [2.05, 4.69) is 15.0 Å². The third-order valence-corrected chi connectivity index (χ3v) is 1.60. The van der Waals surface area contributed by atoms with Gasteiger partial charge in [0, 0.05) is 24.2 Å². The second-order valence-corrected chi connectivity index (χ2v) is 2.70. The summed E-state index contributed by atoms with van der Waals surface area (Å²) in [7, 11) is 0. The number of hydrogen-bond acceptors (Lipinski definition) is 4. The Hall–Kier alpha value is -1.91. The topological polar surface area (TPSA) is 69.6 Å². The van der Waals surface area contributed by atoms with Crippen LogP contribution in [0.2, 0.25) is 0 Å². The van der Waals surface area contributed by atoms with Crippen LogP contribution < -0.4 is 5.73 Å². The molecule has 0 aliphatic carbocycles. The summed E-state index contributed by atoms with van der Waals surface area (Å²) in [5.74, 6) is 1.02. The largest absolute Gasteiger partial charge is 0.384 e. The molecule has 0 saturated heterocycles. The van der Waals surface area contributed by atoms with Crippen LogP contribution in [-0.2, 0) is 0 Å². The predicted molar refractivity (Wildman–Crippen MR) is 48.3 cm³/mol. The number of anilines is 1. The van der Waals surface area contributed by atoms with E-state index in [0.29, 0.717) is 11.8 Å². The van der Waals surface area contributed by atoms with Crippen LogP contribution in [0.4, 0.5) is 5.82 Å². The van der Waals surface area contributed by atoms with E-state index in [0.717, 1.165) is 5.69 Å². The minimum absolute atomic E-state index is 0.469. The van der Waals surface area contributed by atoms with Gasteiger partial charge in [-0.2, -0.15) is 4.98 Å². The number of aryl methyl sites for hydroxylation is 1. The Balaban J connectivity index is 2.53. The molecule has 0 radical (unpaired) electrons. The first-order valence-electron chi connectivity index (χ1n) is 3.85. The monoisotopic (exact) mass is 175 g/mol. The number of aromatic nitrogens is 4. The van der Waals surface area contributed by atoms with Gasteiger partial charge in [0.2, 0.25) is 5.95 Å². The van der Waals surface area contributed by atoms with E-state index in [4.69, 9.17) is 5.73 Å². The van der Waals surface area contributed by atoms with Crippen molar-refractivity contribution >= 4 is 5.82 Å². The van der Waals surface area contributed by atoms with Crippen molar-refractivity contribution in [3.8, 4) is 5.95 Å². The molecule has 66 valence electrons. The average molecular weight is 175 g/mol. The molecule has 0 amide bonds. The molecule has 0 saturated carbocycles. The summed E-state index contributed by atoms with van der Waals surface area (Å²) >= 11 is 0. The first kappa shape index (κ1) is 7.72. The molecule has 0 aromatic carbocycles. The summed E-state index contributed by atoms with van der Waals surface area (Å²) in [6.07, 6.45) is 5.07. The maximum atomic E-state index is 5.58. The Morgan fingerprint density at radius 3 is 2.85 bits per heavy atom. The van der Waals surface area contributed by atoms with Crippen LogP contribution in [0, 0.1) is 6.92 Å². The van der Waals surface area contributed by atoms with Crippen molar-refractivity contribution in [2.24, 2.45) is 0 Å². The number of rotatable bonds is 1. The maximum Gasteiger partial charge on any atom is 0.237 e. The van der Waals surface area contributed by atoms with E-state index < -0.39 is 0 Å². The highest BCUT2D eigenvalue weighted by Gasteiger charge is 2.00. The fourth-order valence-corrected chi connectivity index (χ4v) is 1.07. The van der Waals surface area contributed by atoms with Crippen LogP contribution in [0.15, 0.2) is 24.8 Å². The molecule has 2 N–H and O–H groups in total. The maximum absolute atomic E-state index is 5.58. The standard InChI is InChI=1S/C8H9N5/c1-6-4-7(9)12-8(11-6)13-3-2-10-5-13/h2-5H,1H3,(H2,9,11,12). The van der Waals surface area contributed by atoms with Crippen LogP contribution >= 0.6 is 0 Å². The lowest BCUT2D eigenvalue weighted by atomic mass is 10.4. The molecule has 2 aromatic heterocycles. The number of imidazole rings is 1. The van der Waals surface area contributed by atoms with Crippen molar-refractivity contribution < 1.29 is 0 Å². The Morgan fingerprint density at radius 2 is 2.23 bits per heavy atom. The molecule has 0 atom stereocenters. The van der Waals surface area contributed by atoms with E-state index >= 15 is 0 Å². The number of hydrogen-bond donors (Lipinski definition) is 1. The first-order valence-corrected chi connectivity index (χ1v) is 3.85. The molecule has 0 bridgehead atoms. The summed E-state index contributed by atoms with van der Waals surface area (Å²) in [4.78, 5) is 12.2. The fourth-order valence-electron chi connectivity index (χ4n) is 1.07. The van der Waals surface area contributed by atoms with Gasteiger partial charge in [-0.25, -0.2) is 9.97 Å². The van der Waals surface area contributed by atoms with Crippen LogP contribution in [0.1, 0.15) is 5.69 Å². The van der Waals surface area contributed by atoms with Crippen molar-refractivity contribution in [3.63, 3.8) is 0 Å². The van der Waals surface area contributed by atoms with Crippen molar-refractivity contribution in [2.75, 3.05) is 5.73 Å². The number of nitrogens with two attached hydrogens (primary N) is 1. The molecule has 0 spiro atoms. The smallest absolute Gasteiger partial charge is 0.237 e. The summed E-state index contributed by atoms with van der Waals surface area (Å²) in [5.41, 5.74) is 6.42. The summed E-state index contributed by atoms with van der Waals surface area (Å²) in [6.45, 7) is 1.87. The molecule has 0 aliphatic rings. The summed E-state index contributed by atoms with van der Waals surface area (Å²) in [5, 5.41) is 0. The second-order valence-electron chi connectivity index (χ2n) is 2.70. The lowest BCUT2D eigenvalue weighted by molar-refractivity contribution is 0.914. The van der Waals surface area contributed by atoms with E-state index in [1.165, 1.54) is 0 Å². The van der Waals surface area contributed by atoms with Gasteiger partial charge in [0.1, 0.15) is 12.1 Å². The molecule has 0 unspecified atom stereocenters. The van der Waals surface area contributed by atoms with Gasteiger partial charge in [0.15, 0.2) is 0 Å². The van der Waals surface area contributed by atoms with E-state index in [1.54, 1.807) is 29.4 Å². The van der Waals surface area contributed by atoms with Gasteiger partial charge in [0.25, 0.3) is 0 Å². The van der Waals surface area contributed by atoms with E-state index in [-0.39, 0.29) is 0 Å². The Bertz CT molecular complexity index is 386. The van der Waals surface area contributed by atoms with Crippen molar-refractivity contribution in [2.45, 2.75) is 6.92 Å². The predicted octanol–water partition coefficient (Wildman–Crippen LogP) is 0.553. The van der Waals surface area contributed by atoms with Crippen LogP contribution in [0.25, 0.3) is 5.95 Å². The highest BCUT2D eigenvalue weighted by atomic mass is 15.2. The number of nitrogens with zero attached hydrogens (tertiary/aromatic N) is 4. The third-order valence-electron chi connectivity index (χ3n) is 1.60. The van der Waals surface area contributed by atoms with Crippen LogP contribution in [0.5, 0.6) is 0 Å².